The molecule has 1 aliphatic rings. The molecule has 2 aromatic rings. The SMILES string of the molecule is O=C(NC1CCCCC1)c1ccc(Cl)c2cccnc12. The van der Waals surface area contributed by atoms with E-state index in [4.69, 9.17) is 11.6 Å². The van der Waals surface area contributed by atoms with Crippen LogP contribution in [0.2, 0.25) is 5.02 Å². The standard InChI is InChI=1S/C16H17ClN2O/c17-14-9-8-13(15-12(14)7-4-10-18-15)16(20)19-11-5-2-1-3-6-11/h4,7-11H,1-3,5-6H2,(H,19,20). The minimum atomic E-state index is -0.0442. The van der Waals surface area contributed by atoms with E-state index in [0.29, 0.717) is 22.1 Å². The fraction of sp³-hybridized carbons (Fsp3) is 0.375. The Bertz CT molecular complexity index is 635. The molecule has 1 amide bonds. The lowest BCUT2D eigenvalue weighted by molar-refractivity contribution is 0.0929. The molecular formula is C16H17ClN2O. The molecule has 3 nitrogen and oxygen atoms in total. The lowest BCUT2D eigenvalue weighted by Crippen LogP contribution is -2.36. The first-order valence-corrected chi connectivity index (χ1v) is 7.47. The van der Waals surface area contributed by atoms with E-state index in [2.05, 4.69) is 10.3 Å². The third-order valence-corrected chi connectivity index (χ3v) is 4.23. The van der Waals surface area contributed by atoms with Gasteiger partial charge in [0.1, 0.15) is 0 Å². The van der Waals surface area contributed by atoms with Crippen LogP contribution in [-0.2, 0) is 0 Å². The number of halogens is 1. The number of carbonyl (C=O) groups excluding carboxylic acids is 1. The summed E-state index contributed by atoms with van der Waals surface area (Å²) in [5.74, 6) is -0.0442. The maximum atomic E-state index is 12.4. The van der Waals surface area contributed by atoms with Gasteiger partial charge in [-0.2, -0.15) is 0 Å². The van der Waals surface area contributed by atoms with Crippen LogP contribution in [0.15, 0.2) is 30.5 Å². The molecule has 0 aliphatic heterocycles. The van der Waals surface area contributed by atoms with Gasteiger partial charge in [-0.25, -0.2) is 0 Å². The van der Waals surface area contributed by atoms with Gasteiger partial charge >= 0.3 is 0 Å². The van der Waals surface area contributed by atoms with Crippen LogP contribution >= 0.6 is 11.6 Å². The first-order chi connectivity index (χ1) is 9.75. The van der Waals surface area contributed by atoms with E-state index in [1.165, 1.54) is 19.3 Å². The number of hydrogen-bond donors (Lipinski definition) is 1. The Kier molecular flexibility index (Phi) is 3.88. The zero-order valence-corrected chi connectivity index (χ0v) is 12.0. The molecule has 0 radical (unpaired) electrons. The van der Waals surface area contributed by atoms with Crippen molar-refractivity contribution in [1.82, 2.24) is 10.3 Å². The van der Waals surface area contributed by atoms with Gasteiger partial charge in [-0.05, 0) is 37.1 Å². The van der Waals surface area contributed by atoms with Crippen molar-refractivity contribution in [3.8, 4) is 0 Å². The molecule has 0 saturated heterocycles. The van der Waals surface area contributed by atoms with Gasteiger partial charge in [0.05, 0.1) is 16.1 Å². The molecule has 0 unspecified atom stereocenters. The predicted molar refractivity (Wildman–Crippen MR) is 81.1 cm³/mol. The van der Waals surface area contributed by atoms with Crippen LogP contribution < -0.4 is 5.32 Å². The average molecular weight is 289 g/mol. The van der Waals surface area contributed by atoms with Crippen LogP contribution in [-0.4, -0.2) is 16.9 Å². The number of benzene rings is 1. The lowest BCUT2D eigenvalue weighted by atomic mass is 9.95. The van der Waals surface area contributed by atoms with E-state index in [1.807, 2.05) is 12.1 Å². The Hall–Kier alpha value is -1.61. The Morgan fingerprint density at radius 2 is 2.00 bits per heavy atom. The normalized spacial score (nSPS) is 16.2. The maximum absolute atomic E-state index is 12.4. The Balaban J connectivity index is 1.89. The molecular weight excluding hydrogens is 272 g/mol. The minimum Gasteiger partial charge on any atom is -0.349 e. The number of aromatic nitrogens is 1. The van der Waals surface area contributed by atoms with Crippen LogP contribution in [0.3, 0.4) is 0 Å². The molecule has 0 spiro atoms. The highest BCUT2D eigenvalue weighted by Gasteiger charge is 2.18. The van der Waals surface area contributed by atoms with E-state index in [-0.39, 0.29) is 5.91 Å². The number of amides is 1. The molecule has 20 heavy (non-hydrogen) atoms. The summed E-state index contributed by atoms with van der Waals surface area (Å²) in [5.41, 5.74) is 1.28. The Morgan fingerprint density at radius 3 is 2.80 bits per heavy atom. The van der Waals surface area contributed by atoms with Crippen molar-refractivity contribution in [2.45, 2.75) is 38.1 Å². The summed E-state index contributed by atoms with van der Waals surface area (Å²) in [5, 5.41) is 4.58. The third kappa shape index (κ3) is 2.63. The number of pyridine rings is 1. The average Bonchev–Trinajstić information content (AvgIpc) is 2.49. The second kappa shape index (κ2) is 5.80. The molecule has 0 bridgehead atoms. The molecule has 4 heteroatoms. The highest BCUT2D eigenvalue weighted by atomic mass is 35.5. The second-order valence-electron chi connectivity index (χ2n) is 5.30. The quantitative estimate of drug-likeness (QED) is 0.909. The molecule has 1 N–H and O–H groups in total. The van der Waals surface area contributed by atoms with Crippen molar-refractivity contribution < 1.29 is 4.79 Å². The molecule has 1 heterocycles. The summed E-state index contributed by atoms with van der Waals surface area (Å²) >= 11 is 6.15. The maximum Gasteiger partial charge on any atom is 0.253 e. The molecule has 1 aromatic carbocycles. The van der Waals surface area contributed by atoms with Crippen LogP contribution in [0.5, 0.6) is 0 Å². The number of carbonyl (C=O) groups is 1. The summed E-state index contributed by atoms with van der Waals surface area (Å²) in [6, 6.07) is 7.54. The smallest absolute Gasteiger partial charge is 0.253 e. The summed E-state index contributed by atoms with van der Waals surface area (Å²) < 4.78 is 0. The van der Waals surface area contributed by atoms with Gasteiger partial charge in [0.25, 0.3) is 5.91 Å². The third-order valence-electron chi connectivity index (χ3n) is 3.90. The molecule has 1 aliphatic carbocycles. The number of nitrogens with one attached hydrogen (secondary N) is 1. The lowest BCUT2D eigenvalue weighted by Gasteiger charge is -2.23. The summed E-state index contributed by atoms with van der Waals surface area (Å²) in [7, 11) is 0. The zero-order valence-electron chi connectivity index (χ0n) is 11.2. The van der Waals surface area contributed by atoms with E-state index >= 15 is 0 Å². The minimum absolute atomic E-state index is 0.0442. The van der Waals surface area contributed by atoms with E-state index in [0.717, 1.165) is 18.2 Å². The van der Waals surface area contributed by atoms with Crippen molar-refractivity contribution >= 4 is 28.4 Å². The van der Waals surface area contributed by atoms with Crippen molar-refractivity contribution in [3.63, 3.8) is 0 Å². The number of hydrogen-bond acceptors (Lipinski definition) is 2. The van der Waals surface area contributed by atoms with Crippen molar-refractivity contribution in [3.05, 3.63) is 41.0 Å². The summed E-state index contributed by atoms with van der Waals surface area (Å²) in [6.07, 6.45) is 7.51. The van der Waals surface area contributed by atoms with E-state index in [1.54, 1.807) is 18.3 Å². The second-order valence-corrected chi connectivity index (χ2v) is 5.71. The molecule has 0 atom stereocenters. The monoisotopic (exact) mass is 288 g/mol. The first-order valence-electron chi connectivity index (χ1n) is 7.10. The van der Waals surface area contributed by atoms with Gasteiger partial charge in [0.15, 0.2) is 0 Å². The highest BCUT2D eigenvalue weighted by molar-refractivity contribution is 6.36. The molecule has 1 saturated carbocycles. The molecule has 1 fully saturated rings. The van der Waals surface area contributed by atoms with Gasteiger partial charge in [-0.1, -0.05) is 30.9 Å². The van der Waals surface area contributed by atoms with Crippen LogP contribution in [0.25, 0.3) is 10.9 Å². The van der Waals surface area contributed by atoms with Gasteiger partial charge in [0, 0.05) is 17.6 Å². The van der Waals surface area contributed by atoms with Gasteiger partial charge in [-0.3, -0.25) is 9.78 Å². The van der Waals surface area contributed by atoms with Crippen molar-refractivity contribution in [2.75, 3.05) is 0 Å². The topological polar surface area (TPSA) is 42.0 Å². The largest absolute Gasteiger partial charge is 0.349 e. The van der Waals surface area contributed by atoms with E-state index in [9.17, 15) is 4.79 Å². The van der Waals surface area contributed by atoms with Gasteiger partial charge < -0.3 is 5.32 Å². The van der Waals surface area contributed by atoms with Crippen LogP contribution in [0, 0.1) is 0 Å². The fourth-order valence-corrected chi connectivity index (χ4v) is 3.05. The highest BCUT2D eigenvalue weighted by Crippen LogP contribution is 2.25. The number of rotatable bonds is 2. The Morgan fingerprint density at radius 1 is 1.20 bits per heavy atom. The number of fused-ring (bicyclic) bond motifs is 1. The fourth-order valence-electron chi connectivity index (χ4n) is 2.83. The summed E-state index contributed by atoms with van der Waals surface area (Å²) in [6.45, 7) is 0. The zero-order chi connectivity index (χ0) is 13.9. The van der Waals surface area contributed by atoms with Crippen LogP contribution in [0.1, 0.15) is 42.5 Å². The van der Waals surface area contributed by atoms with Gasteiger partial charge in [0.2, 0.25) is 0 Å². The predicted octanol–water partition coefficient (Wildman–Crippen LogP) is 3.95. The number of nitrogens with zero attached hydrogens (tertiary/aromatic N) is 1. The van der Waals surface area contributed by atoms with Crippen molar-refractivity contribution in [2.24, 2.45) is 0 Å². The Labute approximate surface area is 123 Å². The molecule has 1 aromatic heterocycles. The van der Waals surface area contributed by atoms with E-state index < -0.39 is 0 Å². The van der Waals surface area contributed by atoms with Gasteiger partial charge in [-0.15, -0.1) is 0 Å². The first kappa shape index (κ1) is 13.4. The molecule has 104 valence electrons. The summed E-state index contributed by atoms with van der Waals surface area (Å²) in [4.78, 5) is 16.8. The van der Waals surface area contributed by atoms with Crippen molar-refractivity contribution in [1.29, 1.82) is 0 Å². The molecule has 3 rings (SSSR count). The van der Waals surface area contributed by atoms with Crippen LogP contribution in [0.4, 0.5) is 0 Å².